The van der Waals surface area contributed by atoms with Gasteiger partial charge in [-0.05, 0) is 60.2 Å². The van der Waals surface area contributed by atoms with Gasteiger partial charge in [0.2, 0.25) is 15.9 Å². The number of hydrogen-bond acceptors (Lipinski definition) is 8. The number of benzene rings is 4. The zero-order valence-electron chi connectivity index (χ0n) is 25.3. The van der Waals surface area contributed by atoms with Crippen molar-refractivity contribution in [1.29, 1.82) is 0 Å². The fourth-order valence-electron chi connectivity index (χ4n) is 5.78. The van der Waals surface area contributed by atoms with Crippen LogP contribution in [-0.4, -0.2) is 59.0 Å². The molecule has 240 valence electrons. The highest BCUT2D eigenvalue weighted by Gasteiger charge is 2.36. The summed E-state index contributed by atoms with van der Waals surface area (Å²) < 4.78 is 79.4. The molecule has 0 radical (unpaired) electrons. The van der Waals surface area contributed by atoms with Gasteiger partial charge in [-0.2, -0.15) is 0 Å². The molecule has 1 aliphatic rings. The third-order valence-corrected chi connectivity index (χ3v) is 9.23. The number of carbonyl (C=O) groups excluding carboxylic acids is 1. The first-order valence-electron chi connectivity index (χ1n) is 14.5. The number of aromatic nitrogens is 1. The number of anilines is 1. The van der Waals surface area contributed by atoms with Crippen LogP contribution in [0.4, 0.5) is 14.5 Å². The van der Waals surface area contributed by atoms with E-state index in [0.29, 0.717) is 33.4 Å². The van der Waals surface area contributed by atoms with Crippen molar-refractivity contribution in [3.8, 4) is 39.7 Å². The number of nitrogens with one attached hydrogen (secondary N) is 1. The summed E-state index contributed by atoms with van der Waals surface area (Å²) in [6, 6.07) is 17.7. The van der Waals surface area contributed by atoms with Gasteiger partial charge in [-0.1, -0.05) is 12.1 Å². The zero-order valence-corrected chi connectivity index (χ0v) is 26.2. The van der Waals surface area contributed by atoms with E-state index in [0.717, 1.165) is 6.26 Å². The molecule has 0 spiro atoms. The Bertz CT molecular complexity index is 2290. The standard InChI is InChI=1S/C34H27F2N3O7S/c1-37-33(40)30-23-14-22(19-9-12-27(43-2)24(13-19)34-38-31-25(36)5-4-6-28(31)46-34)26(39(47(3,41)42)21-16-44-17-21)15-29(23)45-32(30)18-7-10-20(35)11-8-18/h4-15,21H,16-17H2,1-3H3,(H,37,40). The molecule has 0 bridgehead atoms. The number of oxazole rings is 1. The van der Waals surface area contributed by atoms with E-state index in [1.807, 2.05) is 0 Å². The highest BCUT2D eigenvalue weighted by atomic mass is 32.2. The van der Waals surface area contributed by atoms with Crippen molar-refractivity contribution < 1.29 is 40.3 Å². The van der Waals surface area contributed by atoms with E-state index < -0.39 is 33.6 Å². The molecular weight excluding hydrogens is 632 g/mol. The van der Waals surface area contributed by atoms with Gasteiger partial charge in [-0.3, -0.25) is 9.10 Å². The molecule has 2 aromatic heterocycles. The molecular formula is C34H27F2N3O7S. The van der Waals surface area contributed by atoms with Crippen molar-refractivity contribution in [3.63, 3.8) is 0 Å². The molecule has 13 heteroatoms. The van der Waals surface area contributed by atoms with Crippen LogP contribution in [0.2, 0.25) is 0 Å². The van der Waals surface area contributed by atoms with Crippen LogP contribution in [0.3, 0.4) is 0 Å². The molecule has 0 aliphatic carbocycles. The molecule has 0 unspecified atom stereocenters. The monoisotopic (exact) mass is 659 g/mol. The molecule has 0 saturated carbocycles. The summed E-state index contributed by atoms with van der Waals surface area (Å²) in [5.41, 5.74) is 2.76. The van der Waals surface area contributed by atoms with Crippen LogP contribution in [0.15, 0.2) is 81.6 Å². The SMILES string of the molecule is CNC(=O)c1c(-c2ccc(F)cc2)oc2cc(N(C3COC3)S(C)(=O)=O)c(-c3ccc(OC)c(-c4nc5c(F)cccc5o4)c3)cc12. The molecule has 7 rings (SSSR count). The van der Waals surface area contributed by atoms with Crippen molar-refractivity contribution >= 4 is 43.7 Å². The van der Waals surface area contributed by atoms with Gasteiger partial charge < -0.3 is 23.6 Å². The summed E-state index contributed by atoms with van der Waals surface area (Å²) in [7, 11) is -0.913. The number of carbonyl (C=O) groups is 1. The maximum Gasteiger partial charge on any atom is 0.255 e. The van der Waals surface area contributed by atoms with E-state index in [-0.39, 0.29) is 52.8 Å². The largest absolute Gasteiger partial charge is 0.496 e. The molecule has 10 nitrogen and oxygen atoms in total. The van der Waals surface area contributed by atoms with Gasteiger partial charge in [0.25, 0.3) is 5.91 Å². The van der Waals surface area contributed by atoms with E-state index in [4.69, 9.17) is 18.3 Å². The normalized spacial score (nSPS) is 13.6. The Kier molecular flexibility index (Phi) is 7.44. The Morgan fingerprint density at radius 2 is 1.70 bits per heavy atom. The predicted octanol–water partition coefficient (Wildman–Crippen LogP) is 6.39. The number of ether oxygens (including phenoxy) is 2. The fourth-order valence-corrected chi connectivity index (χ4v) is 6.95. The second kappa shape index (κ2) is 11.5. The van der Waals surface area contributed by atoms with Crippen molar-refractivity contribution in [2.75, 3.05) is 37.9 Å². The first-order chi connectivity index (χ1) is 22.6. The number of rotatable bonds is 8. The first kappa shape index (κ1) is 30.4. The summed E-state index contributed by atoms with van der Waals surface area (Å²) in [6.45, 7) is 0.352. The molecule has 3 heterocycles. The number of halogens is 2. The summed E-state index contributed by atoms with van der Waals surface area (Å²) >= 11 is 0. The number of para-hydroxylation sites is 1. The van der Waals surface area contributed by atoms with Crippen LogP contribution in [-0.2, 0) is 14.8 Å². The highest BCUT2D eigenvalue weighted by molar-refractivity contribution is 7.92. The number of nitrogens with zero attached hydrogens (tertiary/aromatic N) is 2. The van der Waals surface area contributed by atoms with Gasteiger partial charge >= 0.3 is 0 Å². The Morgan fingerprint density at radius 3 is 2.34 bits per heavy atom. The maximum absolute atomic E-state index is 14.5. The molecule has 4 aromatic carbocycles. The summed E-state index contributed by atoms with van der Waals surface area (Å²) in [5, 5.41) is 3.03. The van der Waals surface area contributed by atoms with Gasteiger partial charge in [-0.15, -0.1) is 0 Å². The van der Waals surface area contributed by atoms with Gasteiger partial charge in [-0.25, -0.2) is 22.2 Å². The Morgan fingerprint density at radius 1 is 0.957 bits per heavy atom. The van der Waals surface area contributed by atoms with Crippen molar-refractivity contribution in [2.45, 2.75) is 6.04 Å². The van der Waals surface area contributed by atoms with Crippen LogP contribution in [0.1, 0.15) is 10.4 Å². The lowest BCUT2D eigenvalue weighted by molar-refractivity contribution is 0.0146. The molecule has 1 aliphatic heterocycles. The van der Waals surface area contributed by atoms with Crippen LogP contribution < -0.4 is 14.4 Å². The third-order valence-electron chi connectivity index (χ3n) is 8.02. The minimum atomic E-state index is -3.86. The van der Waals surface area contributed by atoms with E-state index in [1.54, 1.807) is 36.4 Å². The lowest BCUT2D eigenvalue weighted by Crippen LogP contribution is -2.51. The van der Waals surface area contributed by atoms with Crippen molar-refractivity contribution in [3.05, 3.63) is 90.0 Å². The molecule has 1 N–H and O–H groups in total. The van der Waals surface area contributed by atoms with Crippen LogP contribution in [0, 0.1) is 11.6 Å². The van der Waals surface area contributed by atoms with E-state index in [2.05, 4.69) is 10.3 Å². The molecule has 6 aromatic rings. The molecule has 1 amide bonds. The van der Waals surface area contributed by atoms with E-state index >= 15 is 0 Å². The Hall–Kier alpha value is -5.27. The topological polar surface area (TPSA) is 124 Å². The first-order valence-corrected chi connectivity index (χ1v) is 16.3. The molecule has 47 heavy (non-hydrogen) atoms. The Labute approximate surface area is 267 Å². The van der Waals surface area contributed by atoms with Crippen LogP contribution >= 0.6 is 0 Å². The lowest BCUT2D eigenvalue weighted by atomic mass is 9.96. The van der Waals surface area contributed by atoms with Crippen LogP contribution in [0.25, 0.3) is 56.0 Å². The lowest BCUT2D eigenvalue weighted by Gasteiger charge is -2.38. The average Bonchev–Trinajstić information content (AvgIpc) is 3.64. The number of sulfonamides is 1. The molecule has 0 atom stereocenters. The minimum absolute atomic E-state index is 0.0484. The smallest absolute Gasteiger partial charge is 0.255 e. The number of amides is 1. The molecule has 1 fully saturated rings. The van der Waals surface area contributed by atoms with Gasteiger partial charge in [0, 0.05) is 29.6 Å². The van der Waals surface area contributed by atoms with Gasteiger partial charge in [0.1, 0.15) is 28.4 Å². The molecule has 1 saturated heterocycles. The van der Waals surface area contributed by atoms with Crippen molar-refractivity contribution in [2.24, 2.45) is 0 Å². The van der Waals surface area contributed by atoms with E-state index in [9.17, 15) is 22.0 Å². The van der Waals surface area contributed by atoms with Gasteiger partial charge in [0.15, 0.2) is 11.4 Å². The maximum atomic E-state index is 14.5. The average molecular weight is 660 g/mol. The number of fused-ring (bicyclic) bond motifs is 2. The number of furan rings is 1. The fraction of sp³-hybridized carbons (Fsp3) is 0.176. The minimum Gasteiger partial charge on any atom is -0.496 e. The zero-order chi connectivity index (χ0) is 33.0. The Balaban J connectivity index is 1.52. The van der Waals surface area contributed by atoms with Gasteiger partial charge in [0.05, 0.1) is 49.4 Å². The third kappa shape index (κ3) is 5.26. The number of methoxy groups -OCH3 is 1. The number of hydrogen-bond donors (Lipinski definition) is 1. The summed E-state index contributed by atoms with van der Waals surface area (Å²) in [4.78, 5) is 17.7. The highest BCUT2D eigenvalue weighted by Crippen LogP contribution is 2.44. The summed E-state index contributed by atoms with van der Waals surface area (Å²) in [5.74, 6) is -0.817. The second-order valence-electron chi connectivity index (χ2n) is 11.0. The second-order valence-corrected chi connectivity index (χ2v) is 12.9. The predicted molar refractivity (Wildman–Crippen MR) is 172 cm³/mol. The summed E-state index contributed by atoms with van der Waals surface area (Å²) in [6.07, 6.45) is 1.10. The van der Waals surface area contributed by atoms with Crippen LogP contribution in [0.5, 0.6) is 5.75 Å². The van der Waals surface area contributed by atoms with E-state index in [1.165, 1.54) is 54.9 Å². The van der Waals surface area contributed by atoms with Crippen molar-refractivity contribution in [1.82, 2.24) is 10.3 Å². The quantitative estimate of drug-likeness (QED) is 0.200.